The van der Waals surface area contributed by atoms with Gasteiger partial charge in [-0.3, -0.25) is 0 Å². The van der Waals surface area contributed by atoms with Crippen molar-refractivity contribution in [1.82, 2.24) is 9.97 Å². The second kappa shape index (κ2) is 3.75. The van der Waals surface area contributed by atoms with E-state index >= 15 is 0 Å². The van der Waals surface area contributed by atoms with Crippen LogP contribution in [0.5, 0.6) is 5.88 Å². The van der Waals surface area contributed by atoms with Gasteiger partial charge in [-0.25, -0.2) is 0 Å². The van der Waals surface area contributed by atoms with Gasteiger partial charge in [0.2, 0.25) is 11.8 Å². The smallest absolute Gasteiger partial charge is 0.225 e. The number of nitrogen functional groups attached to an aromatic ring is 1. The average Bonchev–Trinajstić information content (AvgIpc) is 2.04. The van der Waals surface area contributed by atoms with Gasteiger partial charge in [0.05, 0.1) is 6.61 Å². The molecule has 1 aromatic heterocycles. The maximum absolute atomic E-state index is 5.42. The summed E-state index contributed by atoms with van der Waals surface area (Å²) in [4.78, 5) is 7.79. The summed E-state index contributed by atoms with van der Waals surface area (Å²) in [6, 6.07) is 1.69. The Kier molecular flexibility index (Phi) is 2.68. The molecule has 0 aliphatic rings. The van der Waals surface area contributed by atoms with Crippen molar-refractivity contribution in [3.8, 4) is 5.88 Å². The van der Waals surface area contributed by atoms with Crippen LogP contribution in [0, 0.1) is 0 Å². The highest BCUT2D eigenvalue weighted by atomic mass is 16.5. The summed E-state index contributed by atoms with van der Waals surface area (Å²) in [7, 11) is 1.76. The molecule has 1 aromatic rings. The van der Waals surface area contributed by atoms with Crippen molar-refractivity contribution in [2.75, 3.05) is 24.7 Å². The van der Waals surface area contributed by atoms with Gasteiger partial charge in [-0.15, -0.1) is 0 Å². The van der Waals surface area contributed by atoms with Crippen molar-refractivity contribution < 1.29 is 4.74 Å². The number of nitrogens with zero attached hydrogens (tertiary/aromatic N) is 2. The predicted octanol–water partition coefficient (Wildman–Crippen LogP) is 0.499. The highest BCUT2D eigenvalue weighted by Crippen LogP contribution is 2.13. The van der Waals surface area contributed by atoms with Crippen LogP contribution in [0.15, 0.2) is 6.07 Å². The Morgan fingerprint density at radius 2 is 2.33 bits per heavy atom. The van der Waals surface area contributed by atoms with Gasteiger partial charge in [0, 0.05) is 13.1 Å². The summed E-state index contributed by atoms with van der Waals surface area (Å²) >= 11 is 0. The molecular weight excluding hydrogens is 156 g/mol. The third kappa shape index (κ3) is 1.98. The molecule has 12 heavy (non-hydrogen) atoms. The van der Waals surface area contributed by atoms with E-state index in [1.165, 1.54) is 0 Å². The topological polar surface area (TPSA) is 73.1 Å². The molecule has 0 aliphatic heterocycles. The van der Waals surface area contributed by atoms with Crippen LogP contribution in [0.1, 0.15) is 6.92 Å². The summed E-state index contributed by atoms with van der Waals surface area (Å²) in [6.45, 7) is 2.46. The quantitative estimate of drug-likeness (QED) is 0.687. The van der Waals surface area contributed by atoms with E-state index in [4.69, 9.17) is 10.5 Å². The SMILES string of the molecule is CCOc1cc(NC)nc(N)n1. The minimum Gasteiger partial charge on any atom is -0.478 e. The highest BCUT2D eigenvalue weighted by molar-refractivity contribution is 5.41. The number of nitrogens with two attached hydrogens (primary N) is 1. The zero-order chi connectivity index (χ0) is 8.97. The summed E-state index contributed by atoms with van der Waals surface area (Å²) < 4.78 is 5.16. The lowest BCUT2D eigenvalue weighted by Gasteiger charge is -2.04. The van der Waals surface area contributed by atoms with Gasteiger partial charge in [0.1, 0.15) is 5.82 Å². The number of ether oxygens (including phenoxy) is 1. The normalized spacial score (nSPS) is 9.50. The monoisotopic (exact) mass is 168 g/mol. The second-order valence-electron chi connectivity index (χ2n) is 2.13. The van der Waals surface area contributed by atoms with Gasteiger partial charge in [-0.2, -0.15) is 9.97 Å². The van der Waals surface area contributed by atoms with Crippen LogP contribution in [0.3, 0.4) is 0 Å². The van der Waals surface area contributed by atoms with Crippen molar-refractivity contribution in [2.45, 2.75) is 6.92 Å². The van der Waals surface area contributed by atoms with Crippen LogP contribution < -0.4 is 15.8 Å². The fourth-order valence-electron chi connectivity index (χ4n) is 0.793. The number of rotatable bonds is 3. The van der Waals surface area contributed by atoms with Crippen molar-refractivity contribution in [3.63, 3.8) is 0 Å². The molecular formula is C7H12N4O. The highest BCUT2D eigenvalue weighted by Gasteiger charge is 1.99. The van der Waals surface area contributed by atoms with Crippen LogP contribution in [0.2, 0.25) is 0 Å². The van der Waals surface area contributed by atoms with Gasteiger partial charge in [0.15, 0.2) is 0 Å². The van der Waals surface area contributed by atoms with Gasteiger partial charge in [-0.05, 0) is 6.92 Å². The maximum Gasteiger partial charge on any atom is 0.225 e. The fraction of sp³-hybridized carbons (Fsp3) is 0.429. The lowest BCUT2D eigenvalue weighted by molar-refractivity contribution is 0.327. The number of anilines is 2. The molecule has 5 nitrogen and oxygen atoms in total. The van der Waals surface area contributed by atoms with Crippen molar-refractivity contribution >= 4 is 11.8 Å². The van der Waals surface area contributed by atoms with Gasteiger partial charge in [-0.1, -0.05) is 0 Å². The van der Waals surface area contributed by atoms with Crippen molar-refractivity contribution in [2.24, 2.45) is 0 Å². The molecule has 1 rings (SSSR count). The molecule has 0 aliphatic carbocycles. The molecule has 0 amide bonds. The largest absolute Gasteiger partial charge is 0.478 e. The number of hydrogen-bond donors (Lipinski definition) is 2. The molecule has 0 atom stereocenters. The van der Waals surface area contributed by atoms with Gasteiger partial charge >= 0.3 is 0 Å². The van der Waals surface area contributed by atoms with E-state index in [0.717, 1.165) is 0 Å². The van der Waals surface area contributed by atoms with Crippen LogP contribution in [-0.4, -0.2) is 23.6 Å². The molecule has 0 fully saturated rings. The summed E-state index contributed by atoms with van der Waals surface area (Å²) in [6.07, 6.45) is 0. The molecule has 0 saturated heterocycles. The molecule has 5 heteroatoms. The van der Waals surface area contributed by atoms with E-state index in [1.807, 2.05) is 6.92 Å². The molecule has 0 saturated carbocycles. The predicted molar refractivity (Wildman–Crippen MR) is 47.2 cm³/mol. The van der Waals surface area contributed by atoms with E-state index < -0.39 is 0 Å². The van der Waals surface area contributed by atoms with E-state index in [9.17, 15) is 0 Å². The summed E-state index contributed by atoms with van der Waals surface area (Å²) in [5.41, 5.74) is 5.42. The maximum atomic E-state index is 5.42. The number of hydrogen-bond acceptors (Lipinski definition) is 5. The molecule has 1 heterocycles. The van der Waals surface area contributed by atoms with Crippen LogP contribution in [0.25, 0.3) is 0 Å². The molecule has 66 valence electrons. The van der Waals surface area contributed by atoms with Gasteiger partial charge < -0.3 is 15.8 Å². The van der Waals surface area contributed by atoms with Crippen LogP contribution in [0.4, 0.5) is 11.8 Å². The average molecular weight is 168 g/mol. The van der Waals surface area contributed by atoms with Crippen LogP contribution in [-0.2, 0) is 0 Å². The van der Waals surface area contributed by atoms with E-state index in [0.29, 0.717) is 18.3 Å². The molecule has 0 unspecified atom stereocenters. The Bertz CT molecular complexity index is 264. The zero-order valence-electron chi connectivity index (χ0n) is 7.16. The lowest BCUT2D eigenvalue weighted by Crippen LogP contribution is -2.03. The first kappa shape index (κ1) is 8.58. The molecule has 0 aromatic carbocycles. The Morgan fingerprint density at radius 3 is 2.92 bits per heavy atom. The lowest BCUT2D eigenvalue weighted by atomic mass is 10.5. The van der Waals surface area contributed by atoms with Crippen molar-refractivity contribution in [3.05, 3.63) is 6.07 Å². The Morgan fingerprint density at radius 1 is 1.58 bits per heavy atom. The minimum atomic E-state index is 0.213. The number of aromatic nitrogens is 2. The van der Waals surface area contributed by atoms with E-state index in [1.54, 1.807) is 13.1 Å². The second-order valence-corrected chi connectivity index (χ2v) is 2.13. The summed E-state index contributed by atoms with van der Waals surface area (Å²) in [5, 5.41) is 2.86. The van der Waals surface area contributed by atoms with Gasteiger partial charge in [0.25, 0.3) is 0 Å². The molecule has 3 N–H and O–H groups in total. The third-order valence-electron chi connectivity index (χ3n) is 1.27. The number of nitrogens with one attached hydrogen (secondary N) is 1. The molecule has 0 bridgehead atoms. The fourth-order valence-corrected chi connectivity index (χ4v) is 0.793. The standard InChI is InChI=1S/C7H12N4O/c1-3-12-6-4-5(9-2)10-7(8)11-6/h4H,3H2,1-2H3,(H3,8,9,10,11). The van der Waals surface area contributed by atoms with Crippen molar-refractivity contribution in [1.29, 1.82) is 0 Å². The first-order valence-corrected chi connectivity index (χ1v) is 3.71. The van der Waals surface area contributed by atoms with E-state index in [2.05, 4.69) is 15.3 Å². The van der Waals surface area contributed by atoms with Crippen LogP contribution >= 0.6 is 0 Å². The zero-order valence-corrected chi connectivity index (χ0v) is 7.16. The Hall–Kier alpha value is -1.52. The third-order valence-corrected chi connectivity index (χ3v) is 1.27. The van der Waals surface area contributed by atoms with E-state index in [-0.39, 0.29) is 5.95 Å². The minimum absolute atomic E-state index is 0.213. The first-order valence-electron chi connectivity index (χ1n) is 3.71. The molecule has 0 radical (unpaired) electrons. The summed E-state index contributed by atoms with van der Waals surface area (Å²) in [5.74, 6) is 1.37. The Labute approximate surface area is 71.0 Å². The Balaban J connectivity index is 2.90. The first-order chi connectivity index (χ1) is 5.76. The molecule has 0 spiro atoms.